The van der Waals surface area contributed by atoms with Crippen molar-refractivity contribution in [2.75, 3.05) is 11.5 Å². The normalized spacial score (nSPS) is 26.7. The number of aryl methyl sites for hydroxylation is 1. The third-order valence-electron chi connectivity index (χ3n) is 2.70. The molecule has 1 fully saturated rings. The molecular formula is C12H15BrS. The van der Waals surface area contributed by atoms with Crippen LogP contribution in [0.25, 0.3) is 0 Å². The lowest BCUT2D eigenvalue weighted by Crippen LogP contribution is -2.14. The van der Waals surface area contributed by atoms with E-state index >= 15 is 0 Å². The Bertz CT molecular complexity index is 311. The molecule has 2 atom stereocenters. The lowest BCUT2D eigenvalue weighted by molar-refractivity contribution is 0.616. The Kier molecular flexibility index (Phi) is 3.56. The third-order valence-corrected chi connectivity index (χ3v) is 5.46. The van der Waals surface area contributed by atoms with Crippen molar-refractivity contribution in [2.45, 2.75) is 18.2 Å². The van der Waals surface area contributed by atoms with Crippen LogP contribution in [0.15, 0.2) is 24.3 Å². The molecule has 0 aliphatic carbocycles. The van der Waals surface area contributed by atoms with Crippen LogP contribution in [0.3, 0.4) is 0 Å². The highest BCUT2D eigenvalue weighted by molar-refractivity contribution is 9.09. The van der Waals surface area contributed by atoms with Crippen LogP contribution in [-0.4, -0.2) is 16.3 Å². The second-order valence-electron chi connectivity index (χ2n) is 4.01. The number of benzene rings is 1. The Hall–Kier alpha value is 0.0500. The van der Waals surface area contributed by atoms with Crippen LogP contribution < -0.4 is 0 Å². The predicted molar refractivity (Wildman–Crippen MR) is 68.4 cm³/mol. The minimum Gasteiger partial charge on any atom is -0.160 e. The van der Waals surface area contributed by atoms with Crippen molar-refractivity contribution in [1.82, 2.24) is 0 Å². The Morgan fingerprint density at radius 3 is 2.93 bits per heavy atom. The third kappa shape index (κ3) is 2.54. The van der Waals surface area contributed by atoms with E-state index < -0.39 is 0 Å². The fourth-order valence-electron chi connectivity index (χ4n) is 1.90. The fraction of sp³-hybridized carbons (Fsp3) is 0.500. The smallest absolute Gasteiger partial charge is 0.0275 e. The highest BCUT2D eigenvalue weighted by Crippen LogP contribution is 2.32. The Balaban J connectivity index is 2.03. The number of halogens is 1. The molecule has 0 aromatic heterocycles. The van der Waals surface area contributed by atoms with Crippen LogP contribution in [0.5, 0.6) is 0 Å². The maximum Gasteiger partial charge on any atom is 0.0275 e. The summed E-state index contributed by atoms with van der Waals surface area (Å²) in [5.74, 6) is 3.40. The van der Waals surface area contributed by atoms with E-state index in [-0.39, 0.29) is 0 Å². The molecule has 0 radical (unpaired) electrons. The standard InChI is InChI=1S/C12H15BrS/c1-9-3-2-4-10(5-9)6-11-7-14-8-12(11)13/h2-5,11-12H,6-8H2,1H3. The Morgan fingerprint density at radius 2 is 2.29 bits per heavy atom. The molecule has 14 heavy (non-hydrogen) atoms. The first-order valence-electron chi connectivity index (χ1n) is 5.03. The number of thioether (sulfide) groups is 1. The molecule has 1 aromatic carbocycles. The van der Waals surface area contributed by atoms with Gasteiger partial charge in [-0.1, -0.05) is 45.8 Å². The summed E-state index contributed by atoms with van der Waals surface area (Å²) in [6.45, 7) is 2.17. The van der Waals surface area contributed by atoms with E-state index in [2.05, 4.69) is 58.9 Å². The molecular weight excluding hydrogens is 256 g/mol. The summed E-state index contributed by atoms with van der Waals surface area (Å²) in [5, 5.41) is 0. The number of rotatable bonds is 2. The van der Waals surface area contributed by atoms with Crippen LogP contribution in [0, 0.1) is 12.8 Å². The average Bonchev–Trinajstić information content (AvgIpc) is 2.52. The monoisotopic (exact) mass is 270 g/mol. The van der Waals surface area contributed by atoms with Gasteiger partial charge in [0.2, 0.25) is 0 Å². The topological polar surface area (TPSA) is 0 Å². The van der Waals surface area contributed by atoms with E-state index in [9.17, 15) is 0 Å². The fourth-order valence-corrected chi connectivity index (χ4v) is 4.37. The lowest BCUT2D eigenvalue weighted by atomic mass is 9.98. The molecule has 2 heteroatoms. The molecule has 1 aromatic rings. The Morgan fingerprint density at radius 1 is 1.43 bits per heavy atom. The summed E-state index contributed by atoms with van der Waals surface area (Å²) < 4.78 is 0. The van der Waals surface area contributed by atoms with Crippen molar-refractivity contribution in [2.24, 2.45) is 5.92 Å². The SMILES string of the molecule is Cc1cccc(CC2CSCC2Br)c1. The minimum absolute atomic E-state index is 0.716. The Labute approximate surface area is 98.6 Å². The van der Waals surface area contributed by atoms with Gasteiger partial charge in [0.15, 0.2) is 0 Å². The van der Waals surface area contributed by atoms with Crippen LogP contribution in [0.1, 0.15) is 11.1 Å². The molecule has 76 valence electrons. The summed E-state index contributed by atoms with van der Waals surface area (Å²) in [6.07, 6.45) is 1.23. The second-order valence-corrected chi connectivity index (χ2v) is 6.26. The summed E-state index contributed by atoms with van der Waals surface area (Å²) in [6, 6.07) is 8.88. The van der Waals surface area contributed by atoms with Crippen molar-refractivity contribution < 1.29 is 0 Å². The van der Waals surface area contributed by atoms with Gasteiger partial charge in [-0.05, 0) is 30.6 Å². The van der Waals surface area contributed by atoms with E-state index in [0.717, 1.165) is 5.92 Å². The molecule has 2 rings (SSSR count). The summed E-state index contributed by atoms with van der Waals surface area (Å²) in [7, 11) is 0. The van der Waals surface area contributed by atoms with Gasteiger partial charge in [-0.3, -0.25) is 0 Å². The van der Waals surface area contributed by atoms with Crippen LogP contribution >= 0.6 is 27.7 Å². The predicted octanol–water partition coefficient (Wildman–Crippen LogP) is 3.66. The maximum absolute atomic E-state index is 3.76. The molecule has 0 nitrogen and oxygen atoms in total. The number of hydrogen-bond acceptors (Lipinski definition) is 1. The minimum atomic E-state index is 0.716. The van der Waals surface area contributed by atoms with Gasteiger partial charge in [0, 0.05) is 10.6 Å². The number of alkyl halides is 1. The van der Waals surface area contributed by atoms with Gasteiger partial charge in [0.1, 0.15) is 0 Å². The van der Waals surface area contributed by atoms with E-state index in [1.165, 1.54) is 29.1 Å². The van der Waals surface area contributed by atoms with Gasteiger partial charge in [-0.2, -0.15) is 11.8 Å². The first-order valence-corrected chi connectivity index (χ1v) is 7.10. The zero-order valence-corrected chi connectivity index (χ0v) is 10.8. The van der Waals surface area contributed by atoms with Crippen molar-refractivity contribution in [3.63, 3.8) is 0 Å². The van der Waals surface area contributed by atoms with Crippen molar-refractivity contribution >= 4 is 27.7 Å². The van der Waals surface area contributed by atoms with E-state index in [1.54, 1.807) is 0 Å². The first kappa shape index (κ1) is 10.6. The second kappa shape index (κ2) is 4.71. The molecule has 0 bridgehead atoms. The summed E-state index contributed by atoms with van der Waals surface area (Å²) in [4.78, 5) is 0.716. The van der Waals surface area contributed by atoms with E-state index in [0.29, 0.717) is 4.83 Å². The highest BCUT2D eigenvalue weighted by Gasteiger charge is 2.25. The van der Waals surface area contributed by atoms with Gasteiger partial charge in [-0.25, -0.2) is 0 Å². The molecule has 0 amide bonds. The van der Waals surface area contributed by atoms with Gasteiger partial charge >= 0.3 is 0 Å². The zero-order valence-electron chi connectivity index (χ0n) is 8.37. The van der Waals surface area contributed by atoms with E-state index in [1.807, 2.05) is 0 Å². The van der Waals surface area contributed by atoms with Gasteiger partial charge in [0.05, 0.1) is 0 Å². The molecule has 1 saturated heterocycles. The van der Waals surface area contributed by atoms with Crippen LogP contribution in [-0.2, 0) is 6.42 Å². The molecule has 1 aliphatic heterocycles. The van der Waals surface area contributed by atoms with Crippen molar-refractivity contribution in [3.8, 4) is 0 Å². The molecule has 2 unspecified atom stereocenters. The lowest BCUT2D eigenvalue weighted by Gasteiger charge is -2.12. The molecule has 0 N–H and O–H groups in total. The van der Waals surface area contributed by atoms with Crippen molar-refractivity contribution in [1.29, 1.82) is 0 Å². The molecule has 0 saturated carbocycles. The first-order chi connectivity index (χ1) is 6.75. The molecule has 1 aliphatic rings. The van der Waals surface area contributed by atoms with Gasteiger partial charge < -0.3 is 0 Å². The highest BCUT2D eigenvalue weighted by atomic mass is 79.9. The average molecular weight is 271 g/mol. The maximum atomic E-state index is 3.76. The van der Waals surface area contributed by atoms with Crippen LogP contribution in [0.4, 0.5) is 0 Å². The van der Waals surface area contributed by atoms with Crippen molar-refractivity contribution in [3.05, 3.63) is 35.4 Å². The molecule has 0 spiro atoms. The van der Waals surface area contributed by atoms with Gasteiger partial charge in [-0.15, -0.1) is 0 Å². The largest absolute Gasteiger partial charge is 0.160 e. The quantitative estimate of drug-likeness (QED) is 0.740. The molecule has 1 heterocycles. The summed E-state index contributed by atoms with van der Waals surface area (Å²) in [5.41, 5.74) is 2.86. The van der Waals surface area contributed by atoms with Crippen LogP contribution in [0.2, 0.25) is 0 Å². The zero-order chi connectivity index (χ0) is 9.97. The van der Waals surface area contributed by atoms with E-state index in [4.69, 9.17) is 0 Å². The number of hydrogen-bond donors (Lipinski definition) is 0. The van der Waals surface area contributed by atoms with Gasteiger partial charge in [0.25, 0.3) is 0 Å². The summed E-state index contributed by atoms with van der Waals surface area (Å²) >= 11 is 5.83.